The van der Waals surface area contributed by atoms with Gasteiger partial charge >= 0.3 is 5.97 Å². The van der Waals surface area contributed by atoms with Crippen LogP contribution in [0, 0.1) is 0 Å². The van der Waals surface area contributed by atoms with Crippen LogP contribution in [0.3, 0.4) is 0 Å². The standard InChI is InChI=1S/C13H15IO4/c1-17-13(16)4-2-3-10(14)12-6-8-5-9(15)7-11(8)18-12/h5-7,10,12,15H,2-4H2,1H3. The maximum Gasteiger partial charge on any atom is 0.305 e. The van der Waals surface area contributed by atoms with Crippen molar-refractivity contribution in [3.63, 3.8) is 0 Å². The molecule has 0 radical (unpaired) electrons. The second-order valence-electron chi connectivity index (χ2n) is 4.27. The topological polar surface area (TPSA) is 55.8 Å². The van der Waals surface area contributed by atoms with E-state index in [0.29, 0.717) is 10.3 Å². The van der Waals surface area contributed by atoms with Crippen LogP contribution in [-0.4, -0.2) is 28.2 Å². The number of rotatable bonds is 5. The summed E-state index contributed by atoms with van der Waals surface area (Å²) < 4.78 is 10.6. The Morgan fingerprint density at radius 1 is 1.61 bits per heavy atom. The number of esters is 1. The summed E-state index contributed by atoms with van der Waals surface area (Å²) in [6.45, 7) is 0. The fourth-order valence-electron chi connectivity index (χ4n) is 1.97. The zero-order valence-electron chi connectivity index (χ0n) is 10.1. The molecule has 1 heterocycles. The lowest BCUT2D eigenvalue weighted by atomic mass is 10.1. The summed E-state index contributed by atoms with van der Waals surface area (Å²) >= 11 is 2.34. The highest BCUT2D eigenvalue weighted by Crippen LogP contribution is 2.35. The van der Waals surface area contributed by atoms with E-state index in [2.05, 4.69) is 27.3 Å². The van der Waals surface area contributed by atoms with E-state index in [4.69, 9.17) is 4.74 Å². The lowest BCUT2D eigenvalue weighted by Crippen LogP contribution is -2.18. The van der Waals surface area contributed by atoms with Gasteiger partial charge in [-0.05, 0) is 25.0 Å². The van der Waals surface area contributed by atoms with Gasteiger partial charge in [-0.3, -0.25) is 4.79 Å². The number of methoxy groups -OCH3 is 1. The van der Waals surface area contributed by atoms with Crippen LogP contribution >= 0.6 is 22.6 Å². The molecular weight excluding hydrogens is 347 g/mol. The second-order valence-corrected chi connectivity index (χ2v) is 5.87. The smallest absolute Gasteiger partial charge is 0.305 e. The summed E-state index contributed by atoms with van der Waals surface area (Å²) in [5.41, 5.74) is 0.951. The highest BCUT2D eigenvalue weighted by Gasteiger charge is 2.29. The maximum atomic E-state index is 11.0. The summed E-state index contributed by atoms with van der Waals surface area (Å²) in [4.78, 5) is 11.0. The average molecular weight is 362 g/mol. The lowest BCUT2D eigenvalue weighted by Gasteiger charge is -2.16. The van der Waals surface area contributed by atoms with Gasteiger partial charge in [-0.15, -0.1) is 0 Å². The number of aliphatic hydroxyl groups excluding tert-OH is 1. The van der Waals surface area contributed by atoms with Gasteiger partial charge < -0.3 is 14.6 Å². The minimum Gasteiger partial charge on any atom is -0.508 e. The number of hydrogen-bond donors (Lipinski definition) is 1. The molecule has 0 aromatic heterocycles. The summed E-state index contributed by atoms with van der Waals surface area (Å²) in [7, 11) is 1.40. The quantitative estimate of drug-likeness (QED) is 0.464. The van der Waals surface area contributed by atoms with E-state index in [0.717, 1.165) is 24.2 Å². The van der Waals surface area contributed by atoms with E-state index in [9.17, 15) is 9.90 Å². The predicted molar refractivity (Wildman–Crippen MR) is 75.4 cm³/mol. The Bertz CT molecular complexity index is 436. The highest BCUT2D eigenvalue weighted by atomic mass is 127. The van der Waals surface area contributed by atoms with Crippen LogP contribution in [0.2, 0.25) is 0 Å². The number of halogens is 1. The van der Waals surface area contributed by atoms with Gasteiger partial charge in [0, 0.05) is 18.1 Å². The Morgan fingerprint density at radius 2 is 2.39 bits per heavy atom. The first kappa shape index (κ1) is 13.5. The van der Waals surface area contributed by atoms with Crippen LogP contribution in [0.1, 0.15) is 19.3 Å². The molecule has 18 heavy (non-hydrogen) atoms. The molecule has 0 aromatic rings. The highest BCUT2D eigenvalue weighted by molar-refractivity contribution is 14.1. The zero-order chi connectivity index (χ0) is 13.1. The Morgan fingerprint density at radius 3 is 3.06 bits per heavy atom. The molecular formula is C13H15IO4. The van der Waals surface area contributed by atoms with Crippen molar-refractivity contribution in [2.24, 2.45) is 0 Å². The third-order valence-electron chi connectivity index (χ3n) is 2.92. The normalized spacial score (nSPS) is 22.6. The van der Waals surface area contributed by atoms with Gasteiger partial charge in [-0.25, -0.2) is 0 Å². The molecule has 0 saturated heterocycles. The van der Waals surface area contributed by atoms with Gasteiger partial charge in [0.1, 0.15) is 17.6 Å². The van der Waals surface area contributed by atoms with Crippen LogP contribution in [0.25, 0.3) is 0 Å². The number of carbonyl (C=O) groups is 1. The first-order chi connectivity index (χ1) is 8.60. The van der Waals surface area contributed by atoms with E-state index in [-0.39, 0.29) is 17.8 Å². The molecule has 2 rings (SSSR count). The molecule has 0 spiro atoms. The Kier molecular flexibility index (Phi) is 4.31. The van der Waals surface area contributed by atoms with Crippen molar-refractivity contribution >= 4 is 28.6 Å². The fourth-order valence-corrected chi connectivity index (χ4v) is 2.76. The van der Waals surface area contributed by atoms with Gasteiger partial charge in [0.25, 0.3) is 0 Å². The first-order valence-electron chi connectivity index (χ1n) is 5.82. The number of carbonyl (C=O) groups excluding carboxylic acids is 1. The van der Waals surface area contributed by atoms with E-state index in [1.54, 1.807) is 12.2 Å². The van der Waals surface area contributed by atoms with Crippen molar-refractivity contribution in [3.8, 4) is 0 Å². The first-order valence-corrected chi connectivity index (χ1v) is 7.07. The lowest BCUT2D eigenvalue weighted by molar-refractivity contribution is -0.140. The minimum absolute atomic E-state index is 0.0221. The molecule has 0 fully saturated rings. The van der Waals surface area contributed by atoms with Crippen molar-refractivity contribution in [2.75, 3.05) is 7.11 Å². The fraction of sp³-hybridized carbons (Fsp3) is 0.462. The van der Waals surface area contributed by atoms with Gasteiger partial charge in [0.05, 0.1) is 11.0 Å². The van der Waals surface area contributed by atoms with Crippen LogP contribution < -0.4 is 0 Å². The van der Waals surface area contributed by atoms with Crippen molar-refractivity contribution < 1.29 is 19.4 Å². The van der Waals surface area contributed by atoms with Gasteiger partial charge in [-0.2, -0.15) is 0 Å². The van der Waals surface area contributed by atoms with Gasteiger partial charge in [0.2, 0.25) is 0 Å². The van der Waals surface area contributed by atoms with Crippen LogP contribution in [0.15, 0.2) is 35.3 Å². The Labute approximate surface area is 119 Å². The van der Waals surface area contributed by atoms with E-state index in [1.165, 1.54) is 7.11 Å². The molecule has 2 unspecified atom stereocenters. The third-order valence-corrected chi connectivity index (χ3v) is 4.25. The molecule has 1 N–H and O–H groups in total. The second kappa shape index (κ2) is 5.77. The molecule has 2 aliphatic rings. The molecule has 2 atom stereocenters. The summed E-state index contributed by atoms with van der Waals surface area (Å²) in [6.07, 6.45) is 7.51. The molecule has 5 heteroatoms. The molecule has 0 aromatic carbocycles. The van der Waals surface area contributed by atoms with Crippen molar-refractivity contribution in [3.05, 3.63) is 35.3 Å². The van der Waals surface area contributed by atoms with E-state index < -0.39 is 0 Å². The third kappa shape index (κ3) is 3.07. The maximum absolute atomic E-state index is 11.0. The number of hydrogen-bond acceptors (Lipinski definition) is 4. The molecule has 4 nitrogen and oxygen atoms in total. The van der Waals surface area contributed by atoms with E-state index >= 15 is 0 Å². The molecule has 0 bridgehead atoms. The number of allylic oxidation sites excluding steroid dienone is 2. The van der Waals surface area contributed by atoms with E-state index in [1.807, 2.05) is 6.08 Å². The number of fused-ring (bicyclic) bond motifs is 1. The van der Waals surface area contributed by atoms with Gasteiger partial charge in [-0.1, -0.05) is 22.6 Å². The van der Waals surface area contributed by atoms with Crippen molar-refractivity contribution in [1.82, 2.24) is 0 Å². The summed E-state index contributed by atoms with van der Waals surface area (Å²) in [6, 6.07) is 0. The largest absolute Gasteiger partial charge is 0.508 e. The minimum atomic E-state index is -0.170. The van der Waals surface area contributed by atoms with Gasteiger partial charge in [0.15, 0.2) is 0 Å². The SMILES string of the molecule is COC(=O)CCCC(I)C1C=C2C=C(O)C=C2O1. The molecule has 1 aliphatic heterocycles. The van der Waals surface area contributed by atoms with Crippen molar-refractivity contribution in [2.45, 2.75) is 29.3 Å². The number of alkyl halides is 1. The Hall–Kier alpha value is -0.980. The molecule has 1 aliphatic carbocycles. The molecule has 0 saturated carbocycles. The van der Waals surface area contributed by atoms with Crippen molar-refractivity contribution in [1.29, 1.82) is 0 Å². The average Bonchev–Trinajstić information content (AvgIpc) is 2.85. The summed E-state index contributed by atoms with van der Waals surface area (Å²) in [5, 5.41) is 9.30. The van der Waals surface area contributed by atoms with Crippen LogP contribution in [0.5, 0.6) is 0 Å². The Balaban J connectivity index is 1.80. The predicted octanol–water partition coefficient (Wildman–Crippen LogP) is 2.80. The van der Waals surface area contributed by atoms with Crippen LogP contribution in [0.4, 0.5) is 0 Å². The monoisotopic (exact) mass is 362 g/mol. The zero-order valence-corrected chi connectivity index (χ0v) is 12.2. The summed E-state index contributed by atoms with van der Waals surface area (Å²) in [5.74, 6) is 0.814. The number of aliphatic hydroxyl groups is 1. The molecule has 0 amide bonds. The van der Waals surface area contributed by atoms with Crippen LogP contribution in [-0.2, 0) is 14.3 Å². The number of ether oxygens (including phenoxy) is 2. The molecule has 98 valence electrons.